The summed E-state index contributed by atoms with van der Waals surface area (Å²) in [6.45, 7) is 11.8. The second-order valence-electron chi connectivity index (χ2n) is 8.21. The zero-order chi connectivity index (χ0) is 15.0. The Kier molecular flexibility index (Phi) is 4.39. The third-order valence-electron chi connectivity index (χ3n) is 4.13. The summed E-state index contributed by atoms with van der Waals surface area (Å²) in [6.07, 6.45) is 4.94. The van der Waals surface area contributed by atoms with Gasteiger partial charge in [0.05, 0.1) is 0 Å². The molecule has 0 spiro atoms. The number of hydrogen-bond donors (Lipinski definition) is 1. The zero-order valence-corrected chi connectivity index (χ0v) is 14.5. The third-order valence-corrected chi connectivity index (χ3v) is 4.43. The molecule has 0 saturated heterocycles. The van der Waals surface area contributed by atoms with E-state index in [9.17, 15) is 0 Å². The first-order chi connectivity index (χ1) is 9.16. The van der Waals surface area contributed by atoms with Crippen LogP contribution in [0.4, 0.5) is 0 Å². The molecule has 0 N–H and O–H groups in total. The minimum absolute atomic E-state index is 0.359. The second-order valence-corrected chi connectivity index (χ2v) is 8.72. The van der Waals surface area contributed by atoms with E-state index in [1.165, 1.54) is 31.2 Å². The van der Waals surface area contributed by atoms with Crippen molar-refractivity contribution in [3.05, 3.63) is 35.4 Å². The van der Waals surface area contributed by atoms with E-state index in [-0.39, 0.29) is 0 Å². The van der Waals surface area contributed by atoms with Gasteiger partial charge in [0.25, 0.3) is 0 Å². The van der Waals surface area contributed by atoms with Crippen molar-refractivity contribution in [2.24, 2.45) is 10.8 Å². The molecule has 1 aromatic rings. The molecule has 1 aromatic carbocycles. The summed E-state index contributed by atoms with van der Waals surface area (Å²) in [6, 6.07) is 8.69. The van der Waals surface area contributed by atoms with Crippen LogP contribution in [0.5, 0.6) is 0 Å². The largest absolute Gasteiger partial charge is 0.143 e. The molecule has 0 aliphatic heterocycles. The van der Waals surface area contributed by atoms with Crippen LogP contribution < -0.4 is 0 Å². The molecule has 0 atom stereocenters. The van der Waals surface area contributed by atoms with E-state index in [2.05, 4.69) is 71.5 Å². The fourth-order valence-corrected chi connectivity index (χ4v) is 3.38. The lowest BCUT2D eigenvalue weighted by atomic mass is 9.69. The van der Waals surface area contributed by atoms with Crippen molar-refractivity contribution in [3.8, 4) is 0 Å². The molecular formula is C19H28S. The van der Waals surface area contributed by atoms with E-state index in [1.807, 2.05) is 0 Å². The Bertz CT molecular complexity index is 498. The van der Waals surface area contributed by atoms with Gasteiger partial charge in [0.1, 0.15) is 0 Å². The summed E-state index contributed by atoms with van der Waals surface area (Å²) in [5.74, 6) is 0. The lowest BCUT2D eigenvalue weighted by molar-refractivity contribution is 0.302. The van der Waals surface area contributed by atoms with Gasteiger partial charge in [0, 0.05) is 4.90 Å². The maximum absolute atomic E-state index is 4.40. The van der Waals surface area contributed by atoms with Gasteiger partial charge in [-0.3, -0.25) is 0 Å². The molecule has 0 heterocycles. The van der Waals surface area contributed by atoms with Gasteiger partial charge in [-0.25, -0.2) is 0 Å². The highest BCUT2D eigenvalue weighted by Gasteiger charge is 2.29. The van der Waals surface area contributed by atoms with Crippen molar-refractivity contribution >= 4 is 18.2 Å². The standard InChI is InChI=1S/C19H28S/c1-18(2,3)12-15-13-19(4,5)11-10-17(15)14-6-8-16(20)9-7-14/h6-9,20H,10-13H2,1-5H3. The first-order valence-corrected chi connectivity index (χ1v) is 8.11. The van der Waals surface area contributed by atoms with Crippen LogP contribution in [0.15, 0.2) is 34.7 Å². The SMILES string of the molecule is CC(C)(C)CC1=C(c2ccc(S)cc2)CCC(C)(C)C1. The fraction of sp³-hybridized carbons (Fsp3) is 0.579. The average molecular weight is 289 g/mol. The first kappa shape index (κ1) is 15.7. The number of rotatable bonds is 2. The minimum Gasteiger partial charge on any atom is -0.143 e. The maximum atomic E-state index is 4.40. The van der Waals surface area contributed by atoms with Crippen LogP contribution >= 0.6 is 12.6 Å². The number of thiol groups is 1. The molecule has 0 saturated carbocycles. The van der Waals surface area contributed by atoms with Crippen LogP contribution in [0.1, 0.15) is 65.9 Å². The van der Waals surface area contributed by atoms with E-state index in [1.54, 1.807) is 11.1 Å². The Morgan fingerprint density at radius 1 is 1.10 bits per heavy atom. The van der Waals surface area contributed by atoms with Crippen LogP contribution in [-0.4, -0.2) is 0 Å². The second kappa shape index (κ2) is 5.60. The van der Waals surface area contributed by atoms with Crippen LogP contribution in [0.2, 0.25) is 0 Å². The molecule has 2 rings (SSSR count). The van der Waals surface area contributed by atoms with Crippen molar-refractivity contribution in [1.82, 2.24) is 0 Å². The summed E-state index contributed by atoms with van der Waals surface area (Å²) in [5.41, 5.74) is 5.47. The van der Waals surface area contributed by atoms with Crippen LogP contribution in [-0.2, 0) is 0 Å². The fourth-order valence-electron chi connectivity index (χ4n) is 3.23. The predicted octanol–water partition coefficient (Wildman–Crippen LogP) is 6.38. The zero-order valence-electron chi connectivity index (χ0n) is 13.6. The highest BCUT2D eigenvalue weighted by molar-refractivity contribution is 7.80. The molecule has 0 bridgehead atoms. The molecule has 1 aliphatic rings. The number of allylic oxidation sites excluding steroid dienone is 2. The lowest BCUT2D eigenvalue weighted by Gasteiger charge is -2.36. The maximum Gasteiger partial charge on any atom is 0.00403 e. The topological polar surface area (TPSA) is 0 Å². The van der Waals surface area contributed by atoms with Crippen molar-refractivity contribution in [1.29, 1.82) is 0 Å². The minimum atomic E-state index is 0.359. The molecule has 0 unspecified atom stereocenters. The van der Waals surface area contributed by atoms with E-state index in [0.29, 0.717) is 10.8 Å². The monoisotopic (exact) mass is 288 g/mol. The molecule has 0 fully saturated rings. The molecule has 0 nitrogen and oxygen atoms in total. The van der Waals surface area contributed by atoms with Crippen molar-refractivity contribution in [2.45, 2.75) is 65.2 Å². The molecule has 0 radical (unpaired) electrons. The molecule has 110 valence electrons. The number of hydrogen-bond acceptors (Lipinski definition) is 1. The van der Waals surface area contributed by atoms with E-state index in [0.717, 1.165) is 4.90 Å². The Labute approximate surface area is 130 Å². The van der Waals surface area contributed by atoms with Gasteiger partial charge < -0.3 is 0 Å². The van der Waals surface area contributed by atoms with Crippen LogP contribution in [0.3, 0.4) is 0 Å². The smallest absolute Gasteiger partial charge is 0.00403 e. The average Bonchev–Trinajstić information content (AvgIpc) is 2.28. The Hall–Kier alpha value is -0.690. The summed E-state index contributed by atoms with van der Waals surface area (Å²) >= 11 is 4.40. The summed E-state index contributed by atoms with van der Waals surface area (Å²) < 4.78 is 0. The molecule has 0 amide bonds. The third kappa shape index (κ3) is 4.15. The van der Waals surface area contributed by atoms with Gasteiger partial charge >= 0.3 is 0 Å². The van der Waals surface area contributed by atoms with Gasteiger partial charge in [-0.1, -0.05) is 52.3 Å². The highest BCUT2D eigenvalue weighted by atomic mass is 32.1. The van der Waals surface area contributed by atoms with Gasteiger partial charge in [-0.2, -0.15) is 0 Å². The van der Waals surface area contributed by atoms with Gasteiger partial charge in [0.15, 0.2) is 0 Å². The Morgan fingerprint density at radius 2 is 1.70 bits per heavy atom. The lowest BCUT2D eigenvalue weighted by Crippen LogP contribution is -2.20. The molecule has 20 heavy (non-hydrogen) atoms. The van der Waals surface area contributed by atoms with Crippen molar-refractivity contribution < 1.29 is 0 Å². The van der Waals surface area contributed by atoms with Crippen molar-refractivity contribution in [3.63, 3.8) is 0 Å². The molecule has 0 aromatic heterocycles. The van der Waals surface area contributed by atoms with Gasteiger partial charge in [0.2, 0.25) is 0 Å². The molecular weight excluding hydrogens is 260 g/mol. The molecule has 1 aliphatic carbocycles. The van der Waals surface area contributed by atoms with Crippen LogP contribution in [0, 0.1) is 10.8 Å². The summed E-state index contributed by atoms with van der Waals surface area (Å²) in [7, 11) is 0. The normalized spacial score (nSPS) is 19.3. The Morgan fingerprint density at radius 3 is 2.25 bits per heavy atom. The highest BCUT2D eigenvalue weighted by Crippen LogP contribution is 2.45. The van der Waals surface area contributed by atoms with E-state index in [4.69, 9.17) is 0 Å². The van der Waals surface area contributed by atoms with E-state index < -0.39 is 0 Å². The van der Waals surface area contributed by atoms with Gasteiger partial charge in [-0.15, -0.1) is 12.6 Å². The van der Waals surface area contributed by atoms with Gasteiger partial charge in [-0.05, 0) is 59.8 Å². The number of benzene rings is 1. The summed E-state index contributed by atoms with van der Waals surface area (Å²) in [5, 5.41) is 0. The van der Waals surface area contributed by atoms with Crippen LogP contribution in [0.25, 0.3) is 5.57 Å². The predicted molar refractivity (Wildman–Crippen MR) is 92.3 cm³/mol. The first-order valence-electron chi connectivity index (χ1n) is 7.67. The molecule has 1 heteroatoms. The summed E-state index contributed by atoms with van der Waals surface area (Å²) in [4.78, 5) is 1.04. The van der Waals surface area contributed by atoms with E-state index >= 15 is 0 Å². The van der Waals surface area contributed by atoms with Crippen molar-refractivity contribution in [2.75, 3.05) is 0 Å². The quantitative estimate of drug-likeness (QED) is 0.600. The Balaban J connectivity index is 2.40.